The zero-order valence-electron chi connectivity index (χ0n) is 8.65. The van der Waals surface area contributed by atoms with Gasteiger partial charge < -0.3 is 10.0 Å². The average molecular weight is 198 g/mol. The van der Waals surface area contributed by atoms with Gasteiger partial charge in [0, 0.05) is 19.6 Å². The summed E-state index contributed by atoms with van der Waals surface area (Å²) in [6.07, 6.45) is 2.67. The molecule has 1 N–H and O–H groups in total. The second kappa shape index (κ2) is 5.12. The summed E-state index contributed by atoms with van der Waals surface area (Å²) >= 11 is 0. The molecule has 4 nitrogen and oxygen atoms in total. The van der Waals surface area contributed by atoms with E-state index < -0.39 is 0 Å². The number of rotatable bonds is 3. The fourth-order valence-corrected chi connectivity index (χ4v) is 1.73. The van der Waals surface area contributed by atoms with Gasteiger partial charge in [0.15, 0.2) is 0 Å². The molecule has 1 heterocycles. The molecule has 0 aliphatic carbocycles. The van der Waals surface area contributed by atoms with E-state index in [0.29, 0.717) is 6.54 Å². The highest BCUT2D eigenvalue weighted by Crippen LogP contribution is 2.09. The number of amides is 1. The van der Waals surface area contributed by atoms with Gasteiger partial charge in [0.05, 0.1) is 6.61 Å². The Labute approximate surface area is 84.8 Å². The van der Waals surface area contributed by atoms with E-state index in [-0.39, 0.29) is 18.6 Å². The Balaban J connectivity index is 2.72. The van der Waals surface area contributed by atoms with Gasteiger partial charge in [-0.1, -0.05) is 6.08 Å². The molecule has 1 fully saturated rings. The van der Waals surface area contributed by atoms with Gasteiger partial charge in [0.25, 0.3) is 0 Å². The van der Waals surface area contributed by atoms with Crippen LogP contribution in [0.4, 0.5) is 0 Å². The summed E-state index contributed by atoms with van der Waals surface area (Å²) in [7, 11) is 1.87. The SMILES string of the molecule is C=CCN1CCCN(C)C(CO)C1=O. The molecule has 4 heteroatoms. The largest absolute Gasteiger partial charge is 0.394 e. The lowest BCUT2D eigenvalue weighted by molar-refractivity contribution is -0.135. The maximum atomic E-state index is 11.9. The Morgan fingerprint density at radius 2 is 2.36 bits per heavy atom. The molecular formula is C10H18N2O2. The van der Waals surface area contributed by atoms with Crippen LogP contribution in [-0.2, 0) is 4.79 Å². The minimum Gasteiger partial charge on any atom is -0.394 e. The lowest BCUT2D eigenvalue weighted by atomic mass is 10.2. The molecule has 80 valence electrons. The first-order valence-corrected chi connectivity index (χ1v) is 4.91. The average Bonchev–Trinajstić information content (AvgIpc) is 2.28. The number of aliphatic hydroxyl groups is 1. The van der Waals surface area contributed by atoms with Gasteiger partial charge in [-0.05, 0) is 13.5 Å². The van der Waals surface area contributed by atoms with Crippen LogP contribution in [-0.4, -0.2) is 60.1 Å². The number of carbonyl (C=O) groups excluding carboxylic acids is 1. The van der Waals surface area contributed by atoms with E-state index in [0.717, 1.165) is 19.5 Å². The maximum absolute atomic E-state index is 11.9. The monoisotopic (exact) mass is 198 g/mol. The highest BCUT2D eigenvalue weighted by atomic mass is 16.3. The predicted molar refractivity (Wildman–Crippen MR) is 54.9 cm³/mol. The highest BCUT2D eigenvalue weighted by molar-refractivity contribution is 5.82. The van der Waals surface area contributed by atoms with Gasteiger partial charge in [-0.25, -0.2) is 0 Å². The smallest absolute Gasteiger partial charge is 0.242 e. The van der Waals surface area contributed by atoms with Gasteiger partial charge in [-0.3, -0.25) is 9.69 Å². The van der Waals surface area contributed by atoms with E-state index in [1.807, 2.05) is 11.9 Å². The first-order chi connectivity index (χ1) is 6.70. The van der Waals surface area contributed by atoms with E-state index in [9.17, 15) is 4.79 Å². The summed E-state index contributed by atoms with van der Waals surface area (Å²) in [5.74, 6) is 0.00685. The molecule has 0 aromatic carbocycles. The van der Waals surface area contributed by atoms with Gasteiger partial charge in [0.2, 0.25) is 5.91 Å². The van der Waals surface area contributed by atoms with Crippen molar-refractivity contribution in [1.29, 1.82) is 0 Å². The number of hydrogen-bond donors (Lipinski definition) is 1. The van der Waals surface area contributed by atoms with Crippen molar-refractivity contribution in [1.82, 2.24) is 9.80 Å². The number of carbonyl (C=O) groups is 1. The lowest BCUT2D eigenvalue weighted by Crippen LogP contribution is -2.46. The second-order valence-electron chi connectivity index (χ2n) is 3.61. The zero-order valence-corrected chi connectivity index (χ0v) is 8.65. The summed E-state index contributed by atoms with van der Waals surface area (Å²) in [6.45, 7) is 5.69. The summed E-state index contributed by atoms with van der Waals surface area (Å²) in [5.41, 5.74) is 0. The van der Waals surface area contributed by atoms with E-state index in [2.05, 4.69) is 6.58 Å². The van der Waals surface area contributed by atoms with Crippen LogP contribution in [0.2, 0.25) is 0 Å². The molecule has 1 rings (SSSR count). The van der Waals surface area contributed by atoms with Crippen molar-refractivity contribution < 1.29 is 9.90 Å². The first kappa shape index (κ1) is 11.2. The maximum Gasteiger partial charge on any atom is 0.242 e. The Morgan fingerprint density at radius 1 is 1.64 bits per heavy atom. The van der Waals surface area contributed by atoms with Gasteiger partial charge in [-0.2, -0.15) is 0 Å². The minimum atomic E-state index is -0.377. The number of nitrogens with zero attached hydrogens (tertiary/aromatic N) is 2. The van der Waals surface area contributed by atoms with Crippen LogP contribution in [0.5, 0.6) is 0 Å². The Kier molecular flexibility index (Phi) is 4.10. The van der Waals surface area contributed by atoms with Gasteiger partial charge >= 0.3 is 0 Å². The number of hydrogen-bond acceptors (Lipinski definition) is 3. The molecule has 1 amide bonds. The van der Waals surface area contributed by atoms with Crippen molar-refractivity contribution in [2.24, 2.45) is 0 Å². The topological polar surface area (TPSA) is 43.8 Å². The summed E-state index contributed by atoms with van der Waals surface area (Å²) in [4.78, 5) is 15.5. The molecule has 0 aromatic heterocycles. The fraction of sp³-hybridized carbons (Fsp3) is 0.700. The molecule has 1 aliphatic rings. The third-order valence-electron chi connectivity index (χ3n) is 2.59. The van der Waals surface area contributed by atoms with Crippen molar-refractivity contribution in [2.45, 2.75) is 12.5 Å². The van der Waals surface area contributed by atoms with Gasteiger partial charge in [-0.15, -0.1) is 6.58 Å². The van der Waals surface area contributed by atoms with Crippen LogP contribution in [0.3, 0.4) is 0 Å². The van der Waals surface area contributed by atoms with E-state index in [1.165, 1.54) is 0 Å². The number of aliphatic hydroxyl groups excluding tert-OH is 1. The molecule has 1 aliphatic heterocycles. The zero-order chi connectivity index (χ0) is 10.6. The highest BCUT2D eigenvalue weighted by Gasteiger charge is 2.29. The minimum absolute atomic E-state index is 0.00685. The Hall–Kier alpha value is -0.870. The van der Waals surface area contributed by atoms with Crippen molar-refractivity contribution in [2.75, 3.05) is 33.3 Å². The van der Waals surface area contributed by atoms with Gasteiger partial charge in [0.1, 0.15) is 6.04 Å². The van der Waals surface area contributed by atoms with Crippen molar-refractivity contribution in [3.63, 3.8) is 0 Å². The Bertz CT molecular complexity index is 218. The van der Waals surface area contributed by atoms with Crippen LogP contribution in [0.15, 0.2) is 12.7 Å². The summed E-state index contributed by atoms with van der Waals surface area (Å²) in [6, 6.07) is -0.377. The quantitative estimate of drug-likeness (QED) is 0.633. The Morgan fingerprint density at radius 3 is 2.93 bits per heavy atom. The molecule has 0 bridgehead atoms. The van der Waals surface area contributed by atoms with Crippen molar-refractivity contribution in [3.05, 3.63) is 12.7 Å². The molecule has 14 heavy (non-hydrogen) atoms. The third kappa shape index (κ3) is 2.33. The van der Waals surface area contributed by atoms with Crippen LogP contribution >= 0.6 is 0 Å². The molecular weight excluding hydrogens is 180 g/mol. The predicted octanol–water partition coefficient (Wildman–Crippen LogP) is -0.303. The van der Waals surface area contributed by atoms with Crippen LogP contribution in [0.1, 0.15) is 6.42 Å². The normalized spacial score (nSPS) is 24.9. The molecule has 1 atom stereocenters. The third-order valence-corrected chi connectivity index (χ3v) is 2.59. The molecule has 1 unspecified atom stereocenters. The van der Waals surface area contributed by atoms with Crippen molar-refractivity contribution >= 4 is 5.91 Å². The van der Waals surface area contributed by atoms with E-state index >= 15 is 0 Å². The van der Waals surface area contributed by atoms with Crippen molar-refractivity contribution in [3.8, 4) is 0 Å². The van der Waals surface area contributed by atoms with Crippen LogP contribution in [0.25, 0.3) is 0 Å². The molecule has 0 spiro atoms. The van der Waals surface area contributed by atoms with E-state index in [1.54, 1.807) is 11.0 Å². The standard InChI is InChI=1S/C10H18N2O2/c1-3-5-12-7-4-6-11(2)9(8-13)10(12)14/h3,9,13H,1,4-8H2,2H3. The lowest BCUT2D eigenvalue weighted by Gasteiger charge is -2.25. The first-order valence-electron chi connectivity index (χ1n) is 4.91. The summed E-state index contributed by atoms with van der Waals surface area (Å²) in [5, 5.41) is 9.13. The van der Waals surface area contributed by atoms with E-state index in [4.69, 9.17) is 5.11 Å². The van der Waals surface area contributed by atoms with Crippen LogP contribution in [0, 0.1) is 0 Å². The number of likely N-dealkylation sites (N-methyl/N-ethyl adjacent to an activating group) is 1. The molecule has 0 aromatic rings. The van der Waals surface area contributed by atoms with Crippen LogP contribution < -0.4 is 0 Å². The molecule has 0 radical (unpaired) electrons. The molecule has 1 saturated heterocycles. The molecule has 0 saturated carbocycles. The fourth-order valence-electron chi connectivity index (χ4n) is 1.73. The summed E-state index contributed by atoms with van der Waals surface area (Å²) < 4.78 is 0. The second-order valence-corrected chi connectivity index (χ2v) is 3.61.